The van der Waals surface area contributed by atoms with Crippen molar-refractivity contribution in [2.45, 2.75) is 40.0 Å². The number of fused-ring (bicyclic) bond motifs is 1. The van der Waals surface area contributed by atoms with Gasteiger partial charge in [-0.2, -0.15) is 0 Å². The molecule has 0 bridgehead atoms. The average Bonchev–Trinajstić information content (AvgIpc) is 2.41. The fourth-order valence-electron chi connectivity index (χ4n) is 4.16. The van der Waals surface area contributed by atoms with Crippen LogP contribution in [-0.2, 0) is 0 Å². The van der Waals surface area contributed by atoms with E-state index < -0.39 is 0 Å². The molecule has 0 heterocycles. The summed E-state index contributed by atoms with van der Waals surface area (Å²) in [5, 5.41) is 0. The molecule has 0 nitrogen and oxygen atoms in total. The zero-order valence-electron chi connectivity index (χ0n) is 11.2. The van der Waals surface area contributed by atoms with Crippen LogP contribution in [0.3, 0.4) is 0 Å². The van der Waals surface area contributed by atoms with Crippen LogP contribution in [0, 0.1) is 17.3 Å². The summed E-state index contributed by atoms with van der Waals surface area (Å²) in [6.07, 6.45) is 4.05. The molecule has 0 aliphatic heterocycles. The standard InChI is InChI=1S/C17H22/c1-4-14-16(12-8-6-5-7-9-12)13-10-11-15(13)17(14,2)3/h5-9,13,15H,4,10-11H2,1-3H3/t13-,15+/m0/s1. The van der Waals surface area contributed by atoms with Crippen molar-refractivity contribution in [2.24, 2.45) is 17.3 Å². The van der Waals surface area contributed by atoms with Crippen LogP contribution in [0.4, 0.5) is 0 Å². The Balaban J connectivity index is 2.13. The average molecular weight is 226 g/mol. The summed E-state index contributed by atoms with van der Waals surface area (Å²) in [5.41, 5.74) is 5.32. The molecule has 1 saturated carbocycles. The van der Waals surface area contributed by atoms with E-state index >= 15 is 0 Å². The summed E-state index contributed by atoms with van der Waals surface area (Å²) in [5.74, 6) is 1.76. The van der Waals surface area contributed by atoms with Crippen LogP contribution in [0.15, 0.2) is 35.9 Å². The molecule has 0 radical (unpaired) electrons. The van der Waals surface area contributed by atoms with E-state index in [0.717, 1.165) is 11.8 Å². The molecule has 0 heteroatoms. The molecular formula is C17H22. The summed E-state index contributed by atoms with van der Waals surface area (Å²) < 4.78 is 0. The minimum Gasteiger partial charge on any atom is -0.0622 e. The van der Waals surface area contributed by atoms with Gasteiger partial charge in [0, 0.05) is 0 Å². The van der Waals surface area contributed by atoms with Gasteiger partial charge in [-0.05, 0) is 47.6 Å². The predicted octanol–water partition coefficient (Wildman–Crippen LogP) is 4.92. The first-order chi connectivity index (χ1) is 8.16. The molecule has 1 fully saturated rings. The zero-order chi connectivity index (χ0) is 12.0. The van der Waals surface area contributed by atoms with Crippen molar-refractivity contribution >= 4 is 5.57 Å². The third-order valence-electron chi connectivity index (χ3n) is 5.11. The fourth-order valence-corrected chi connectivity index (χ4v) is 4.16. The van der Waals surface area contributed by atoms with Gasteiger partial charge in [-0.25, -0.2) is 0 Å². The minimum absolute atomic E-state index is 0.433. The highest BCUT2D eigenvalue weighted by Gasteiger charge is 2.51. The quantitative estimate of drug-likeness (QED) is 0.671. The molecule has 0 unspecified atom stereocenters. The second-order valence-electron chi connectivity index (χ2n) is 6.12. The zero-order valence-corrected chi connectivity index (χ0v) is 11.2. The summed E-state index contributed by atoms with van der Waals surface area (Å²) in [4.78, 5) is 0. The Kier molecular flexibility index (Phi) is 2.43. The summed E-state index contributed by atoms with van der Waals surface area (Å²) in [7, 11) is 0. The van der Waals surface area contributed by atoms with E-state index in [9.17, 15) is 0 Å². The summed E-state index contributed by atoms with van der Waals surface area (Å²) >= 11 is 0. The van der Waals surface area contributed by atoms with Crippen LogP contribution >= 0.6 is 0 Å². The van der Waals surface area contributed by atoms with Gasteiger partial charge in [0.15, 0.2) is 0 Å². The molecule has 0 amide bonds. The summed E-state index contributed by atoms with van der Waals surface area (Å²) in [6, 6.07) is 11.1. The molecule has 1 aromatic carbocycles. The van der Waals surface area contributed by atoms with E-state index in [1.165, 1.54) is 24.8 Å². The van der Waals surface area contributed by atoms with E-state index in [0.29, 0.717) is 5.41 Å². The maximum absolute atomic E-state index is 2.46. The largest absolute Gasteiger partial charge is 0.0622 e. The van der Waals surface area contributed by atoms with Gasteiger partial charge in [0.2, 0.25) is 0 Å². The Bertz CT molecular complexity index is 450. The first-order valence-electron chi connectivity index (χ1n) is 6.95. The lowest BCUT2D eigenvalue weighted by Crippen LogP contribution is -2.32. The van der Waals surface area contributed by atoms with Crippen molar-refractivity contribution in [1.82, 2.24) is 0 Å². The molecule has 3 rings (SSSR count). The maximum atomic E-state index is 2.46. The second kappa shape index (κ2) is 3.73. The molecule has 1 aromatic rings. The molecule has 0 saturated heterocycles. The van der Waals surface area contributed by atoms with Crippen molar-refractivity contribution < 1.29 is 0 Å². The Hall–Kier alpha value is -1.04. The van der Waals surface area contributed by atoms with E-state index in [1.807, 2.05) is 0 Å². The van der Waals surface area contributed by atoms with Gasteiger partial charge in [-0.15, -0.1) is 0 Å². The fraction of sp³-hybridized carbons (Fsp3) is 0.529. The normalized spacial score (nSPS) is 30.1. The highest BCUT2D eigenvalue weighted by molar-refractivity contribution is 5.75. The van der Waals surface area contributed by atoms with Crippen LogP contribution in [0.25, 0.3) is 5.57 Å². The van der Waals surface area contributed by atoms with E-state index in [2.05, 4.69) is 51.1 Å². The van der Waals surface area contributed by atoms with E-state index in [1.54, 1.807) is 11.1 Å². The van der Waals surface area contributed by atoms with Gasteiger partial charge < -0.3 is 0 Å². The molecule has 2 aliphatic carbocycles. The van der Waals surface area contributed by atoms with Gasteiger partial charge in [-0.1, -0.05) is 56.7 Å². The van der Waals surface area contributed by atoms with Crippen molar-refractivity contribution in [3.8, 4) is 0 Å². The van der Waals surface area contributed by atoms with Crippen molar-refractivity contribution in [3.05, 3.63) is 41.5 Å². The maximum Gasteiger partial charge on any atom is -0.0105 e. The first kappa shape index (κ1) is 11.1. The van der Waals surface area contributed by atoms with Crippen molar-refractivity contribution in [3.63, 3.8) is 0 Å². The Morgan fingerprint density at radius 1 is 1.12 bits per heavy atom. The second-order valence-corrected chi connectivity index (χ2v) is 6.12. The monoisotopic (exact) mass is 226 g/mol. The van der Waals surface area contributed by atoms with Crippen LogP contribution in [0.1, 0.15) is 45.6 Å². The Morgan fingerprint density at radius 3 is 2.35 bits per heavy atom. The third kappa shape index (κ3) is 1.43. The molecule has 0 aromatic heterocycles. The highest BCUT2D eigenvalue weighted by Crippen LogP contribution is 2.63. The topological polar surface area (TPSA) is 0 Å². The van der Waals surface area contributed by atoms with Crippen LogP contribution in [-0.4, -0.2) is 0 Å². The SMILES string of the molecule is CCC1=C(c2ccccc2)[C@H]2CC[C@H]2C1(C)C. The Labute approximate surface area is 105 Å². The lowest BCUT2D eigenvalue weighted by Gasteiger charge is -2.41. The van der Waals surface area contributed by atoms with Gasteiger partial charge >= 0.3 is 0 Å². The van der Waals surface area contributed by atoms with Crippen molar-refractivity contribution in [2.75, 3.05) is 0 Å². The Morgan fingerprint density at radius 2 is 1.82 bits per heavy atom. The summed E-state index contributed by atoms with van der Waals surface area (Å²) in [6.45, 7) is 7.24. The van der Waals surface area contributed by atoms with Crippen LogP contribution in [0.5, 0.6) is 0 Å². The number of hydrogen-bond acceptors (Lipinski definition) is 0. The lowest BCUT2D eigenvalue weighted by atomic mass is 9.63. The smallest absolute Gasteiger partial charge is 0.0105 e. The number of rotatable bonds is 2. The molecular weight excluding hydrogens is 204 g/mol. The van der Waals surface area contributed by atoms with Crippen LogP contribution in [0.2, 0.25) is 0 Å². The number of benzene rings is 1. The molecule has 90 valence electrons. The minimum atomic E-state index is 0.433. The molecule has 0 spiro atoms. The predicted molar refractivity (Wildman–Crippen MR) is 73.6 cm³/mol. The molecule has 0 N–H and O–H groups in total. The molecule has 2 atom stereocenters. The van der Waals surface area contributed by atoms with Gasteiger partial charge in [-0.3, -0.25) is 0 Å². The molecule has 2 aliphatic rings. The van der Waals surface area contributed by atoms with Gasteiger partial charge in [0.1, 0.15) is 0 Å². The number of allylic oxidation sites excluding steroid dienone is 2. The highest BCUT2D eigenvalue weighted by atomic mass is 14.6. The number of hydrogen-bond donors (Lipinski definition) is 0. The third-order valence-corrected chi connectivity index (χ3v) is 5.11. The lowest BCUT2D eigenvalue weighted by molar-refractivity contribution is 0.130. The van der Waals surface area contributed by atoms with Gasteiger partial charge in [0.05, 0.1) is 0 Å². The van der Waals surface area contributed by atoms with E-state index in [4.69, 9.17) is 0 Å². The van der Waals surface area contributed by atoms with Crippen LogP contribution < -0.4 is 0 Å². The molecule has 17 heavy (non-hydrogen) atoms. The van der Waals surface area contributed by atoms with Crippen molar-refractivity contribution in [1.29, 1.82) is 0 Å². The van der Waals surface area contributed by atoms with Gasteiger partial charge in [0.25, 0.3) is 0 Å². The van der Waals surface area contributed by atoms with E-state index in [-0.39, 0.29) is 0 Å². The first-order valence-corrected chi connectivity index (χ1v) is 6.95.